The number of aromatic nitrogens is 1. The number of halogens is 3. The number of fused-ring (bicyclic) bond motifs is 3. The maximum absolute atomic E-state index is 14.1. The predicted octanol–water partition coefficient (Wildman–Crippen LogP) is 3.85. The second-order valence-corrected chi connectivity index (χ2v) is 11.5. The van der Waals surface area contributed by atoms with E-state index in [0.717, 1.165) is 70.3 Å². The molecule has 35 heavy (non-hydrogen) atoms. The van der Waals surface area contributed by atoms with Crippen LogP contribution in [0, 0.1) is 17.3 Å². The Balaban J connectivity index is 1.14. The van der Waals surface area contributed by atoms with Crippen molar-refractivity contribution in [3.05, 3.63) is 23.9 Å². The highest BCUT2D eigenvalue weighted by Gasteiger charge is 2.59. The van der Waals surface area contributed by atoms with Crippen molar-refractivity contribution in [2.24, 2.45) is 17.3 Å². The molecule has 0 aromatic carbocycles. The Kier molecular flexibility index (Phi) is 5.79. The van der Waals surface area contributed by atoms with Gasteiger partial charge in [0.15, 0.2) is 0 Å². The number of pyridine rings is 1. The van der Waals surface area contributed by atoms with E-state index in [-0.39, 0.29) is 17.5 Å². The van der Waals surface area contributed by atoms with Crippen LogP contribution in [-0.2, 0) is 15.7 Å². The van der Waals surface area contributed by atoms with E-state index < -0.39 is 11.7 Å². The molecule has 4 heterocycles. The summed E-state index contributed by atoms with van der Waals surface area (Å²) in [6.07, 6.45) is 3.86. The molecule has 192 valence electrons. The molecule has 3 aliphatic heterocycles. The number of anilines is 1. The number of nitrogens with one attached hydrogen (secondary N) is 1. The van der Waals surface area contributed by atoms with Gasteiger partial charge in [-0.3, -0.25) is 4.79 Å². The molecule has 0 spiro atoms. The van der Waals surface area contributed by atoms with Crippen LogP contribution in [0.3, 0.4) is 0 Å². The summed E-state index contributed by atoms with van der Waals surface area (Å²) in [5.74, 6) is 1.59. The molecular formula is C26H35F3N4O2. The quantitative estimate of drug-likeness (QED) is 0.692. The summed E-state index contributed by atoms with van der Waals surface area (Å²) in [6, 6.07) is 3.08. The first-order valence-corrected chi connectivity index (χ1v) is 13.2. The summed E-state index contributed by atoms with van der Waals surface area (Å²) < 4.78 is 45.2. The smallest absolute Gasteiger partial charge is 0.381 e. The average Bonchev–Trinajstić information content (AvgIpc) is 3.59. The zero-order chi connectivity index (χ0) is 24.4. The third-order valence-corrected chi connectivity index (χ3v) is 9.52. The lowest BCUT2D eigenvalue weighted by molar-refractivity contribution is -0.144. The first-order valence-electron chi connectivity index (χ1n) is 13.2. The molecule has 1 aromatic heterocycles. The van der Waals surface area contributed by atoms with Crippen molar-refractivity contribution in [3.8, 4) is 0 Å². The minimum Gasteiger partial charge on any atom is -0.381 e. The molecule has 6 rings (SSSR count). The van der Waals surface area contributed by atoms with E-state index in [4.69, 9.17) is 4.74 Å². The van der Waals surface area contributed by atoms with Crippen molar-refractivity contribution in [3.63, 3.8) is 0 Å². The number of piperazine rings is 1. The first kappa shape index (κ1) is 23.5. The lowest BCUT2D eigenvalue weighted by Gasteiger charge is -2.40. The second kappa shape index (κ2) is 8.61. The summed E-state index contributed by atoms with van der Waals surface area (Å²) in [4.78, 5) is 22.3. The highest BCUT2D eigenvalue weighted by Crippen LogP contribution is 2.56. The number of hydrogen-bond donors (Lipinski definition) is 1. The Labute approximate surface area is 204 Å². The summed E-state index contributed by atoms with van der Waals surface area (Å²) in [7, 11) is 0. The standard InChI is InChI=1S/C26H35F3N4O2/c1-16-15-35-8-5-22(16)31-19-9-17-3-2-6-25(17,12-19)24(34)33-14-20-11-21(33)13-32(20)23-10-18(4-7-30-23)26(27,28)29/h4,7,10,16-17,19-22,31H,2-3,5-6,8-9,11-15H2,1H3/t16-,17+,19+,20-,21-,22+,25+/m0/s1. The molecule has 6 nitrogen and oxygen atoms in total. The van der Waals surface area contributed by atoms with Crippen molar-refractivity contribution >= 4 is 11.7 Å². The van der Waals surface area contributed by atoms with Crippen LogP contribution >= 0.6 is 0 Å². The van der Waals surface area contributed by atoms with Gasteiger partial charge in [0.2, 0.25) is 5.91 Å². The van der Waals surface area contributed by atoms with E-state index in [1.807, 2.05) is 4.90 Å². The monoisotopic (exact) mass is 492 g/mol. The maximum Gasteiger partial charge on any atom is 0.416 e. The Morgan fingerprint density at radius 1 is 1.23 bits per heavy atom. The topological polar surface area (TPSA) is 57.7 Å². The lowest BCUT2D eigenvalue weighted by Crippen LogP contribution is -2.54. The van der Waals surface area contributed by atoms with E-state index in [1.165, 1.54) is 6.20 Å². The van der Waals surface area contributed by atoms with E-state index >= 15 is 0 Å². The molecule has 5 fully saturated rings. The number of nitrogens with zero attached hydrogens (tertiary/aromatic N) is 3. The van der Waals surface area contributed by atoms with E-state index in [9.17, 15) is 18.0 Å². The number of hydrogen-bond acceptors (Lipinski definition) is 5. The molecular weight excluding hydrogens is 457 g/mol. The van der Waals surface area contributed by atoms with E-state index in [1.54, 1.807) is 0 Å². The van der Waals surface area contributed by atoms with Crippen LogP contribution in [0.25, 0.3) is 0 Å². The van der Waals surface area contributed by atoms with Crippen LogP contribution in [-0.4, -0.2) is 66.3 Å². The number of alkyl halides is 3. The van der Waals surface area contributed by atoms with Crippen LogP contribution in [0.4, 0.5) is 19.0 Å². The fourth-order valence-corrected chi connectivity index (χ4v) is 7.78. The van der Waals surface area contributed by atoms with Gasteiger partial charge in [0.25, 0.3) is 0 Å². The molecule has 9 heteroatoms. The SMILES string of the molecule is C[C@H]1COCC[C@H]1N[C@@H]1C[C@H]2CCC[C@@]2(C(=O)N2C[C@@H]3C[C@H]2CN3c2cc(C(F)(F)F)ccn2)C1. The van der Waals surface area contributed by atoms with Crippen LogP contribution in [0.1, 0.15) is 57.4 Å². The number of rotatable bonds is 4. The third-order valence-electron chi connectivity index (χ3n) is 9.52. The van der Waals surface area contributed by atoms with Crippen molar-refractivity contribution in [2.75, 3.05) is 31.2 Å². The normalized spacial score (nSPS) is 38.9. The van der Waals surface area contributed by atoms with Gasteiger partial charge in [-0.05, 0) is 62.5 Å². The number of carbonyl (C=O) groups is 1. The minimum atomic E-state index is -4.38. The van der Waals surface area contributed by atoms with Gasteiger partial charge in [-0.2, -0.15) is 13.2 Å². The van der Waals surface area contributed by atoms with Gasteiger partial charge in [0.05, 0.1) is 29.7 Å². The predicted molar refractivity (Wildman–Crippen MR) is 125 cm³/mol. The molecule has 1 amide bonds. The zero-order valence-electron chi connectivity index (χ0n) is 20.3. The Hall–Kier alpha value is -1.87. The summed E-state index contributed by atoms with van der Waals surface area (Å²) >= 11 is 0. The molecule has 1 aromatic rings. The van der Waals surface area contributed by atoms with Gasteiger partial charge in [-0.15, -0.1) is 0 Å². The number of likely N-dealkylation sites (tertiary alicyclic amines) is 1. The summed E-state index contributed by atoms with van der Waals surface area (Å²) in [5, 5.41) is 3.89. The van der Waals surface area contributed by atoms with Crippen LogP contribution in [0.2, 0.25) is 0 Å². The van der Waals surface area contributed by atoms with E-state index in [2.05, 4.69) is 22.1 Å². The van der Waals surface area contributed by atoms with Crippen LogP contribution in [0.5, 0.6) is 0 Å². The number of ether oxygens (including phenoxy) is 1. The molecule has 5 aliphatic rings. The van der Waals surface area contributed by atoms with Gasteiger partial charge >= 0.3 is 6.18 Å². The molecule has 2 bridgehead atoms. The molecule has 1 N–H and O–H groups in total. The molecule has 2 saturated carbocycles. The van der Waals surface area contributed by atoms with Crippen molar-refractivity contribution < 1.29 is 22.7 Å². The Bertz CT molecular complexity index is 974. The molecule has 0 radical (unpaired) electrons. The Morgan fingerprint density at radius 2 is 2.09 bits per heavy atom. The number of amides is 1. The highest BCUT2D eigenvalue weighted by atomic mass is 19.4. The first-order chi connectivity index (χ1) is 16.7. The largest absolute Gasteiger partial charge is 0.416 e. The van der Waals surface area contributed by atoms with Crippen LogP contribution < -0.4 is 10.2 Å². The van der Waals surface area contributed by atoms with Gasteiger partial charge in [-0.25, -0.2) is 4.98 Å². The average molecular weight is 493 g/mol. The number of carbonyl (C=O) groups excluding carboxylic acids is 1. The summed E-state index contributed by atoms with van der Waals surface area (Å²) in [5.41, 5.74) is -0.940. The highest BCUT2D eigenvalue weighted by molar-refractivity contribution is 5.85. The Morgan fingerprint density at radius 3 is 2.83 bits per heavy atom. The fourth-order valence-electron chi connectivity index (χ4n) is 7.78. The van der Waals surface area contributed by atoms with Crippen molar-refractivity contribution in [1.82, 2.24) is 15.2 Å². The van der Waals surface area contributed by atoms with E-state index in [0.29, 0.717) is 48.7 Å². The van der Waals surface area contributed by atoms with Crippen molar-refractivity contribution in [2.45, 2.75) is 82.2 Å². The minimum absolute atomic E-state index is 0.0367. The maximum atomic E-state index is 14.1. The molecule has 3 saturated heterocycles. The zero-order valence-corrected chi connectivity index (χ0v) is 20.3. The summed E-state index contributed by atoms with van der Waals surface area (Å²) in [6.45, 7) is 4.99. The van der Waals surface area contributed by atoms with Crippen LogP contribution in [0.15, 0.2) is 18.3 Å². The molecule has 0 unspecified atom stereocenters. The van der Waals surface area contributed by atoms with Gasteiger partial charge < -0.3 is 19.9 Å². The van der Waals surface area contributed by atoms with Gasteiger partial charge in [0.1, 0.15) is 5.82 Å². The second-order valence-electron chi connectivity index (χ2n) is 11.5. The molecule has 2 aliphatic carbocycles. The lowest BCUT2D eigenvalue weighted by atomic mass is 9.78. The fraction of sp³-hybridized carbons (Fsp3) is 0.769. The van der Waals surface area contributed by atoms with Gasteiger partial charge in [-0.1, -0.05) is 13.3 Å². The van der Waals surface area contributed by atoms with Gasteiger partial charge in [0, 0.05) is 38.0 Å². The molecule has 7 atom stereocenters. The third kappa shape index (κ3) is 4.02. The van der Waals surface area contributed by atoms with Crippen molar-refractivity contribution in [1.29, 1.82) is 0 Å².